The Kier molecular flexibility index (Phi) is 8.35. The summed E-state index contributed by atoms with van der Waals surface area (Å²) in [5, 5.41) is 12.7. The average molecular weight is 460 g/mol. The number of hydrogen-bond acceptors (Lipinski definition) is 7. The van der Waals surface area contributed by atoms with Crippen LogP contribution < -0.4 is 25.4 Å². The van der Waals surface area contributed by atoms with Crippen molar-refractivity contribution in [3.05, 3.63) is 60.9 Å². The second kappa shape index (κ2) is 12.0. The van der Waals surface area contributed by atoms with E-state index in [0.29, 0.717) is 0 Å². The highest BCUT2D eigenvalue weighted by molar-refractivity contribution is 5.92. The minimum Gasteiger partial charge on any atom is -0.497 e. The number of nitrogens with one attached hydrogen (secondary N) is 3. The number of pyridine rings is 2. The van der Waals surface area contributed by atoms with Gasteiger partial charge in [-0.3, -0.25) is 9.97 Å². The van der Waals surface area contributed by atoms with Crippen LogP contribution >= 0.6 is 0 Å². The van der Waals surface area contributed by atoms with E-state index in [1.807, 2.05) is 48.8 Å². The SMILES string of the molecule is COc1cc(NCCCCNCCCNc2cc(OC)cc3cccnc23)c2ncccc2c1. The molecule has 0 saturated heterocycles. The fourth-order valence-corrected chi connectivity index (χ4v) is 3.99. The highest BCUT2D eigenvalue weighted by atomic mass is 16.5. The van der Waals surface area contributed by atoms with Crippen LogP contribution in [0, 0.1) is 0 Å². The van der Waals surface area contributed by atoms with Gasteiger partial charge in [-0.1, -0.05) is 12.1 Å². The molecule has 2 heterocycles. The van der Waals surface area contributed by atoms with E-state index in [1.54, 1.807) is 14.2 Å². The number of ether oxygens (including phenoxy) is 2. The van der Waals surface area contributed by atoms with E-state index in [-0.39, 0.29) is 0 Å². The maximum absolute atomic E-state index is 5.42. The third-order valence-corrected chi connectivity index (χ3v) is 5.77. The molecule has 7 heteroatoms. The van der Waals surface area contributed by atoms with Gasteiger partial charge in [0.15, 0.2) is 0 Å². The zero-order valence-corrected chi connectivity index (χ0v) is 19.9. The Morgan fingerprint density at radius 3 is 1.71 bits per heavy atom. The number of rotatable bonds is 13. The van der Waals surface area contributed by atoms with Crippen LogP contribution in [0.4, 0.5) is 11.4 Å². The van der Waals surface area contributed by atoms with Crippen LogP contribution in [0.1, 0.15) is 19.3 Å². The molecule has 0 saturated carbocycles. The van der Waals surface area contributed by atoms with Gasteiger partial charge in [0.1, 0.15) is 11.5 Å². The maximum atomic E-state index is 5.42. The van der Waals surface area contributed by atoms with Crippen molar-refractivity contribution < 1.29 is 9.47 Å². The van der Waals surface area contributed by atoms with Crippen molar-refractivity contribution in [1.82, 2.24) is 15.3 Å². The summed E-state index contributed by atoms with van der Waals surface area (Å²) in [6, 6.07) is 16.1. The second-order valence-corrected chi connectivity index (χ2v) is 8.16. The van der Waals surface area contributed by atoms with Crippen LogP contribution in [0.2, 0.25) is 0 Å². The number of hydrogen-bond donors (Lipinski definition) is 3. The lowest BCUT2D eigenvalue weighted by Crippen LogP contribution is -2.20. The van der Waals surface area contributed by atoms with Crippen LogP contribution in [0.5, 0.6) is 11.5 Å². The Bertz CT molecular complexity index is 1120. The summed E-state index contributed by atoms with van der Waals surface area (Å²) >= 11 is 0. The molecule has 0 radical (unpaired) electrons. The highest BCUT2D eigenvalue weighted by Crippen LogP contribution is 2.28. The first-order valence-corrected chi connectivity index (χ1v) is 11.8. The summed E-state index contributed by atoms with van der Waals surface area (Å²) < 4.78 is 10.8. The van der Waals surface area contributed by atoms with Gasteiger partial charge in [-0.05, 0) is 56.6 Å². The second-order valence-electron chi connectivity index (χ2n) is 8.16. The first kappa shape index (κ1) is 23.6. The molecule has 178 valence electrons. The number of unbranched alkanes of at least 4 members (excludes halogenated alkanes) is 1. The molecule has 0 aliphatic heterocycles. The van der Waals surface area contributed by atoms with Gasteiger partial charge in [-0.2, -0.15) is 0 Å². The molecule has 3 N–H and O–H groups in total. The number of anilines is 2. The van der Waals surface area contributed by atoms with Crippen LogP contribution in [0.15, 0.2) is 60.9 Å². The summed E-state index contributed by atoms with van der Waals surface area (Å²) in [5.41, 5.74) is 3.99. The van der Waals surface area contributed by atoms with Crippen LogP contribution in [0.25, 0.3) is 21.8 Å². The normalized spacial score (nSPS) is 11.0. The fourth-order valence-electron chi connectivity index (χ4n) is 3.99. The molecular formula is C27H33N5O2. The topological polar surface area (TPSA) is 80.3 Å². The molecule has 0 aliphatic rings. The molecular weight excluding hydrogens is 426 g/mol. The van der Waals surface area contributed by atoms with E-state index >= 15 is 0 Å². The fraction of sp³-hybridized carbons (Fsp3) is 0.333. The van der Waals surface area contributed by atoms with E-state index in [9.17, 15) is 0 Å². The minimum atomic E-state index is 0.840. The van der Waals surface area contributed by atoms with Crippen molar-refractivity contribution in [2.45, 2.75) is 19.3 Å². The lowest BCUT2D eigenvalue weighted by molar-refractivity contribution is 0.415. The first-order chi connectivity index (χ1) is 16.8. The van der Waals surface area contributed by atoms with Crippen molar-refractivity contribution in [3.8, 4) is 11.5 Å². The highest BCUT2D eigenvalue weighted by Gasteiger charge is 2.06. The monoisotopic (exact) mass is 459 g/mol. The van der Waals surface area contributed by atoms with Crippen LogP contribution in [-0.4, -0.2) is 50.4 Å². The number of aromatic nitrogens is 2. The summed E-state index contributed by atoms with van der Waals surface area (Å²) in [4.78, 5) is 9.03. The number of nitrogens with zero attached hydrogens (tertiary/aromatic N) is 2. The maximum Gasteiger partial charge on any atom is 0.121 e. The van der Waals surface area contributed by atoms with Gasteiger partial charge in [0, 0.05) is 48.4 Å². The standard InChI is InChI=1S/C27H33N5O2/c1-33-22-16-20-8-5-13-31-26(20)24(18-22)29-12-4-3-10-28-11-7-15-30-25-19-23(34-2)17-21-9-6-14-32-27(21)25/h5-6,8-9,13-14,16-19,28-30H,3-4,7,10-12,15H2,1-2H3. The van der Waals surface area contributed by atoms with Gasteiger partial charge in [0.2, 0.25) is 0 Å². The Balaban J connectivity index is 1.13. The lowest BCUT2D eigenvalue weighted by atomic mass is 10.1. The van der Waals surface area contributed by atoms with Gasteiger partial charge < -0.3 is 25.4 Å². The summed E-state index contributed by atoms with van der Waals surface area (Å²) in [6.45, 7) is 3.75. The third-order valence-electron chi connectivity index (χ3n) is 5.77. The Hall–Kier alpha value is -3.58. The molecule has 0 fully saturated rings. The Morgan fingerprint density at radius 2 is 1.15 bits per heavy atom. The Labute approximate surface area is 200 Å². The molecule has 0 bridgehead atoms. The predicted octanol–water partition coefficient (Wildman–Crippen LogP) is 5.08. The van der Waals surface area contributed by atoms with Gasteiger partial charge in [0.25, 0.3) is 0 Å². The molecule has 0 spiro atoms. The molecule has 4 rings (SSSR count). The van der Waals surface area contributed by atoms with E-state index in [0.717, 1.165) is 90.1 Å². The Morgan fingerprint density at radius 1 is 0.647 bits per heavy atom. The van der Waals surface area contributed by atoms with Crippen LogP contribution in [-0.2, 0) is 0 Å². The van der Waals surface area contributed by atoms with E-state index < -0.39 is 0 Å². The summed E-state index contributed by atoms with van der Waals surface area (Å²) in [6.07, 6.45) is 6.87. The van der Waals surface area contributed by atoms with E-state index in [2.05, 4.69) is 38.1 Å². The predicted molar refractivity (Wildman–Crippen MR) is 140 cm³/mol. The molecule has 0 aliphatic carbocycles. The van der Waals surface area contributed by atoms with Crippen molar-refractivity contribution in [2.75, 3.05) is 51.0 Å². The lowest BCUT2D eigenvalue weighted by Gasteiger charge is -2.12. The number of fused-ring (bicyclic) bond motifs is 2. The number of methoxy groups -OCH3 is 2. The van der Waals surface area contributed by atoms with E-state index in [4.69, 9.17) is 9.47 Å². The van der Waals surface area contributed by atoms with Crippen LogP contribution in [0.3, 0.4) is 0 Å². The van der Waals surface area contributed by atoms with Crippen molar-refractivity contribution in [3.63, 3.8) is 0 Å². The van der Waals surface area contributed by atoms with Gasteiger partial charge in [0.05, 0.1) is 36.6 Å². The zero-order chi connectivity index (χ0) is 23.6. The number of benzene rings is 2. The zero-order valence-electron chi connectivity index (χ0n) is 19.9. The minimum absolute atomic E-state index is 0.840. The third kappa shape index (κ3) is 6.05. The molecule has 2 aromatic heterocycles. The molecule has 0 amide bonds. The first-order valence-electron chi connectivity index (χ1n) is 11.8. The quantitative estimate of drug-likeness (QED) is 0.241. The molecule has 4 aromatic rings. The van der Waals surface area contributed by atoms with Gasteiger partial charge >= 0.3 is 0 Å². The molecule has 34 heavy (non-hydrogen) atoms. The smallest absolute Gasteiger partial charge is 0.121 e. The van der Waals surface area contributed by atoms with Crippen molar-refractivity contribution in [2.24, 2.45) is 0 Å². The summed E-state index contributed by atoms with van der Waals surface area (Å²) in [7, 11) is 3.38. The summed E-state index contributed by atoms with van der Waals surface area (Å²) in [5.74, 6) is 1.68. The van der Waals surface area contributed by atoms with Gasteiger partial charge in [-0.15, -0.1) is 0 Å². The van der Waals surface area contributed by atoms with Crippen molar-refractivity contribution >= 4 is 33.2 Å². The molecule has 2 aromatic carbocycles. The van der Waals surface area contributed by atoms with Crippen molar-refractivity contribution in [1.29, 1.82) is 0 Å². The van der Waals surface area contributed by atoms with E-state index in [1.165, 1.54) is 0 Å². The molecule has 0 atom stereocenters. The molecule has 0 unspecified atom stereocenters. The largest absolute Gasteiger partial charge is 0.497 e. The molecule has 7 nitrogen and oxygen atoms in total. The average Bonchev–Trinajstić information content (AvgIpc) is 2.89. The van der Waals surface area contributed by atoms with Gasteiger partial charge in [-0.25, -0.2) is 0 Å².